The average molecular weight is 314 g/mol. The molecule has 0 N–H and O–H groups in total. The van der Waals surface area contributed by atoms with Crippen molar-refractivity contribution in [3.63, 3.8) is 0 Å². The first kappa shape index (κ1) is 12.3. The third kappa shape index (κ3) is 2.58. The maximum atomic E-state index is 6.12. The second-order valence-electron chi connectivity index (χ2n) is 3.51. The molecule has 2 aromatic rings. The van der Waals surface area contributed by atoms with Gasteiger partial charge in [-0.1, -0.05) is 11.6 Å². The van der Waals surface area contributed by atoms with Crippen LogP contribution in [0.4, 0.5) is 0 Å². The van der Waals surface area contributed by atoms with E-state index in [1.165, 1.54) is 0 Å². The minimum atomic E-state index is 0.536. The van der Waals surface area contributed by atoms with E-state index in [2.05, 4.69) is 25.9 Å². The number of aryl methyl sites for hydroxylation is 1. The number of benzene rings is 1. The number of nitrogens with zero attached hydrogens (tertiary/aromatic N) is 2. The number of halogens is 2. The van der Waals surface area contributed by atoms with Crippen molar-refractivity contribution in [2.75, 3.05) is 7.11 Å². The molecular formula is C12H10BrClN2O. The van der Waals surface area contributed by atoms with Crippen LogP contribution in [0.2, 0.25) is 5.02 Å². The van der Waals surface area contributed by atoms with Crippen LogP contribution >= 0.6 is 27.5 Å². The van der Waals surface area contributed by atoms with Gasteiger partial charge in [0.25, 0.3) is 0 Å². The van der Waals surface area contributed by atoms with Crippen molar-refractivity contribution in [1.82, 2.24) is 9.97 Å². The second kappa shape index (κ2) is 5.02. The summed E-state index contributed by atoms with van der Waals surface area (Å²) in [5.41, 5.74) is 2.59. The van der Waals surface area contributed by atoms with Crippen LogP contribution in [0.1, 0.15) is 5.56 Å². The van der Waals surface area contributed by atoms with Gasteiger partial charge in [0.1, 0.15) is 5.75 Å². The van der Waals surface area contributed by atoms with E-state index in [0.717, 1.165) is 22.6 Å². The Morgan fingerprint density at radius 2 is 2.12 bits per heavy atom. The van der Waals surface area contributed by atoms with Crippen LogP contribution in [-0.4, -0.2) is 17.1 Å². The highest BCUT2D eigenvalue weighted by atomic mass is 79.9. The van der Waals surface area contributed by atoms with Gasteiger partial charge in [-0.25, -0.2) is 9.97 Å². The van der Waals surface area contributed by atoms with Gasteiger partial charge in [0, 0.05) is 16.8 Å². The van der Waals surface area contributed by atoms with Gasteiger partial charge in [-0.3, -0.25) is 0 Å². The molecule has 2 rings (SSSR count). The first-order chi connectivity index (χ1) is 8.11. The van der Waals surface area contributed by atoms with E-state index < -0.39 is 0 Å². The molecule has 0 aliphatic heterocycles. The Morgan fingerprint density at radius 3 is 2.76 bits per heavy atom. The summed E-state index contributed by atoms with van der Waals surface area (Å²) >= 11 is 9.36. The molecule has 3 nitrogen and oxygen atoms in total. The Bertz CT molecular complexity index is 560. The lowest BCUT2D eigenvalue weighted by atomic mass is 10.1. The van der Waals surface area contributed by atoms with E-state index in [1.807, 2.05) is 25.1 Å². The maximum absolute atomic E-state index is 6.12. The number of rotatable bonds is 2. The van der Waals surface area contributed by atoms with Crippen LogP contribution in [0, 0.1) is 6.92 Å². The molecule has 5 heteroatoms. The predicted molar refractivity (Wildman–Crippen MR) is 71.5 cm³/mol. The van der Waals surface area contributed by atoms with E-state index in [-0.39, 0.29) is 0 Å². The summed E-state index contributed by atoms with van der Waals surface area (Å²) in [7, 11) is 1.63. The van der Waals surface area contributed by atoms with Gasteiger partial charge in [0.2, 0.25) is 0 Å². The van der Waals surface area contributed by atoms with Crippen LogP contribution in [0.5, 0.6) is 5.75 Å². The normalized spacial score (nSPS) is 10.4. The summed E-state index contributed by atoms with van der Waals surface area (Å²) in [5.74, 6) is 0.748. The molecule has 1 heterocycles. The van der Waals surface area contributed by atoms with Crippen LogP contribution in [-0.2, 0) is 0 Å². The minimum absolute atomic E-state index is 0.536. The van der Waals surface area contributed by atoms with Crippen molar-refractivity contribution >= 4 is 27.5 Å². The monoisotopic (exact) mass is 312 g/mol. The van der Waals surface area contributed by atoms with Crippen molar-refractivity contribution in [1.29, 1.82) is 0 Å². The zero-order valence-corrected chi connectivity index (χ0v) is 11.7. The number of methoxy groups -OCH3 is 1. The van der Waals surface area contributed by atoms with Gasteiger partial charge in [-0.15, -0.1) is 0 Å². The first-order valence-corrected chi connectivity index (χ1v) is 6.12. The van der Waals surface area contributed by atoms with E-state index in [9.17, 15) is 0 Å². The van der Waals surface area contributed by atoms with Gasteiger partial charge < -0.3 is 4.74 Å². The zero-order valence-electron chi connectivity index (χ0n) is 9.37. The minimum Gasteiger partial charge on any atom is -0.496 e. The largest absolute Gasteiger partial charge is 0.496 e. The van der Waals surface area contributed by atoms with E-state index >= 15 is 0 Å². The van der Waals surface area contributed by atoms with Gasteiger partial charge in [-0.05, 0) is 46.6 Å². The van der Waals surface area contributed by atoms with Crippen LogP contribution < -0.4 is 4.74 Å². The summed E-state index contributed by atoms with van der Waals surface area (Å²) in [5, 5.41) is 0.690. The van der Waals surface area contributed by atoms with Gasteiger partial charge in [0.15, 0.2) is 4.73 Å². The molecule has 0 radical (unpaired) electrons. The van der Waals surface area contributed by atoms with E-state index in [0.29, 0.717) is 9.76 Å². The maximum Gasteiger partial charge on any atom is 0.197 e. The van der Waals surface area contributed by atoms with E-state index in [1.54, 1.807) is 13.3 Å². The Labute approximate surface area is 113 Å². The Morgan fingerprint density at radius 1 is 1.35 bits per heavy atom. The van der Waals surface area contributed by atoms with Crippen LogP contribution in [0.3, 0.4) is 0 Å². The lowest BCUT2D eigenvalue weighted by Gasteiger charge is -2.10. The van der Waals surface area contributed by atoms with Crippen molar-refractivity contribution < 1.29 is 4.74 Å². The molecule has 0 saturated carbocycles. The molecule has 0 saturated heterocycles. The van der Waals surface area contributed by atoms with Crippen LogP contribution in [0.15, 0.2) is 29.1 Å². The fourth-order valence-electron chi connectivity index (χ4n) is 1.51. The van der Waals surface area contributed by atoms with Gasteiger partial charge in [0.05, 0.1) is 12.8 Å². The van der Waals surface area contributed by atoms with Gasteiger partial charge >= 0.3 is 0 Å². The highest BCUT2D eigenvalue weighted by Crippen LogP contribution is 2.33. The summed E-state index contributed by atoms with van der Waals surface area (Å²) < 4.78 is 5.88. The molecular weight excluding hydrogens is 304 g/mol. The van der Waals surface area contributed by atoms with Crippen molar-refractivity contribution in [2.24, 2.45) is 0 Å². The summed E-state index contributed by atoms with van der Waals surface area (Å²) in [6.07, 6.45) is 1.68. The molecule has 0 bridgehead atoms. The molecule has 0 unspecified atom stereocenters. The first-order valence-electron chi connectivity index (χ1n) is 4.95. The highest BCUT2D eigenvalue weighted by molar-refractivity contribution is 9.10. The lowest BCUT2D eigenvalue weighted by molar-refractivity contribution is 0.416. The highest BCUT2D eigenvalue weighted by Gasteiger charge is 2.10. The molecule has 88 valence electrons. The topological polar surface area (TPSA) is 35.0 Å². The summed E-state index contributed by atoms with van der Waals surface area (Å²) in [6.45, 7) is 1.94. The summed E-state index contributed by atoms with van der Waals surface area (Å²) in [4.78, 5) is 8.28. The van der Waals surface area contributed by atoms with Gasteiger partial charge in [-0.2, -0.15) is 0 Å². The Kier molecular flexibility index (Phi) is 3.64. The molecule has 17 heavy (non-hydrogen) atoms. The fraction of sp³-hybridized carbons (Fsp3) is 0.167. The number of hydrogen-bond donors (Lipinski definition) is 0. The molecule has 0 amide bonds. The fourth-order valence-corrected chi connectivity index (χ4v) is 1.98. The van der Waals surface area contributed by atoms with Crippen LogP contribution in [0.25, 0.3) is 11.3 Å². The third-order valence-electron chi connectivity index (χ3n) is 2.38. The Hall–Kier alpha value is -1.13. The SMILES string of the molecule is COc1cc(C)c(Cl)cc1-c1ccnc(Br)n1. The smallest absolute Gasteiger partial charge is 0.197 e. The quantitative estimate of drug-likeness (QED) is 0.789. The third-order valence-corrected chi connectivity index (χ3v) is 3.17. The van der Waals surface area contributed by atoms with Crippen molar-refractivity contribution in [3.05, 3.63) is 39.7 Å². The second-order valence-corrected chi connectivity index (χ2v) is 4.63. The molecule has 0 aliphatic rings. The molecule has 0 spiro atoms. The molecule has 0 aliphatic carbocycles. The zero-order chi connectivity index (χ0) is 12.4. The lowest BCUT2D eigenvalue weighted by Crippen LogP contribution is -1.93. The number of hydrogen-bond acceptors (Lipinski definition) is 3. The van der Waals surface area contributed by atoms with Crippen molar-refractivity contribution in [3.8, 4) is 17.0 Å². The number of ether oxygens (including phenoxy) is 1. The molecule has 1 aromatic heterocycles. The average Bonchev–Trinajstić information content (AvgIpc) is 2.32. The standard InChI is InChI=1S/C12H10BrClN2O/c1-7-5-11(17-2)8(6-9(7)14)10-3-4-15-12(13)16-10/h3-6H,1-2H3. The number of aromatic nitrogens is 2. The van der Waals surface area contributed by atoms with E-state index in [4.69, 9.17) is 16.3 Å². The molecule has 0 fully saturated rings. The predicted octanol–water partition coefficient (Wildman–Crippen LogP) is 3.88. The summed E-state index contributed by atoms with van der Waals surface area (Å²) in [6, 6.07) is 5.56. The molecule has 1 aromatic carbocycles. The molecule has 0 atom stereocenters. The Balaban J connectivity index is 2.62. The van der Waals surface area contributed by atoms with Crippen molar-refractivity contribution in [2.45, 2.75) is 6.92 Å².